The van der Waals surface area contributed by atoms with Crippen LogP contribution in [0.15, 0.2) is 24.3 Å². The Morgan fingerprint density at radius 2 is 1.78 bits per heavy atom. The van der Waals surface area contributed by atoms with Gasteiger partial charge in [0, 0.05) is 5.56 Å². The second kappa shape index (κ2) is 5.40. The first-order chi connectivity index (χ1) is 8.49. The molecule has 1 heterocycles. The minimum atomic E-state index is 0.222. The average Bonchev–Trinajstić information content (AvgIpc) is 2.33. The molecule has 0 bridgehead atoms. The number of aromatic hydroxyl groups is 1. The average molecular weight is 375 g/mol. The van der Waals surface area contributed by atoms with Crippen LogP contribution in [-0.2, 0) is 0 Å². The Kier molecular flexibility index (Phi) is 4.07. The lowest BCUT2D eigenvalue weighted by Gasteiger charge is -2.10. The molecule has 0 spiro atoms. The first-order valence-electron chi connectivity index (χ1n) is 5.51. The van der Waals surface area contributed by atoms with E-state index >= 15 is 0 Å². The number of phenolic OH excluding ortho intramolecular Hbond substituents is 1. The minimum Gasteiger partial charge on any atom is -0.508 e. The number of rotatable bonds is 2. The zero-order valence-electron chi connectivity index (χ0n) is 9.98. The molecule has 5 heteroatoms. The van der Waals surface area contributed by atoms with Gasteiger partial charge in [0.2, 0.25) is 0 Å². The van der Waals surface area contributed by atoms with Crippen molar-refractivity contribution in [3.05, 3.63) is 38.7 Å². The third-order valence-electron chi connectivity index (χ3n) is 2.51. The van der Waals surface area contributed by atoms with Gasteiger partial charge in [-0.3, -0.25) is 0 Å². The van der Waals surface area contributed by atoms with Gasteiger partial charge in [-0.2, -0.15) is 0 Å². The first-order valence-corrected chi connectivity index (χ1v) is 6.97. The van der Waals surface area contributed by atoms with E-state index in [1.54, 1.807) is 24.3 Å². The highest BCUT2D eigenvalue weighted by Crippen LogP contribution is 2.28. The number of aromatic nitrogens is 2. The molecule has 0 aliphatic rings. The molecule has 1 N–H and O–H groups in total. The molecule has 0 radical (unpaired) electrons. The van der Waals surface area contributed by atoms with Crippen LogP contribution in [0.1, 0.15) is 25.5 Å². The van der Waals surface area contributed by atoms with Crippen molar-refractivity contribution in [1.29, 1.82) is 0 Å². The molecule has 1 aromatic carbocycles. The van der Waals surface area contributed by atoms with Gasteiger partial charge in [-0.15, -0.1) is 0 Å². The number of hydrogen-bond acceptors (Lipinski definition) is 3. The molecule has 0 fully saturated rings. The summed E-state index contributed by atoms with van der Waals surface area (Å²) in [7, 11) is 0. The van der Waals surface area contributed by atoms with Crippen LogP contribution in [0.2, 0.25) is 5.15 Å². The lowest BCUT2D eigenvalue weighted by molar-refractivity contribution is 0.475. The van der Waals surface area contributed by atoms with E-state index < -0.39 is 0 Å². The maximum absolute atomic E-state index is 9.28. The predicted molar refractivity (Wildman–Crippen MR) is 80.9 cm³/mol. The Balaban J connectivity index is 2.55. The van der Waals surface area contributed by atoms with Gasteiger partial charge in [-0.05, 0) is 52.8 Å². The quantitative estimate of drug-likeness (QED) is 0.632. The largest absolute Gasteiger partial charge is 0.508 e. The van der Waals surface area contributed by atoms with E-state index in [4.69, 9.17) is 11.6 Å². The van der Waals surface area contributed by atoms with Gasteiger partial charge in [0.1, 0.15) is 10.9 Å². The summed E-state index contributed by atoms with van der Waals surface area (Å²) >= 11 is 8.30. The summed E-state index contributed by atoms with van der Waals surface area (Å²) in [5.41, 5.74) is 1.78. The third kappa shape index (κ3) is 2.75. The van der Waals surface area contributed by atoms with Crippen LogP contribution in [0.5, 0.6) is 5.75 Å². The molecular formula is C13H12ClIN2O. The van der Waals surface area contributed by atoms with E-state index in [9.17, 15) is 5.11 Å². The number of nitrogens with zero attached hydrogens (tertiary/aromatic N) is 2. The fourth-order valence-electron chi connectivity index (χ4n) is 1.56. The highest BCUT2D eigenvalue weighted by atomic mass is 127. The van der Waals surface area contributed by atoms with Crippen molar-refractivity contribution in [1.82, 2.24) is 9.97 Å². The van der Waals surface area contributed by atoms with Crippen LogP contribution in [0.3, 0.4) is 0 Å². The zero-order chi connectivity index (χ0) is 13.3. The number of halogens is 2. The molecule has 0 unspecified atom stereocenters. The van der Waals surface area contributed by atoms with Crippen LogP contribution >= 0.6 is 34.2 Å². The normalized spacial score (nSPS) is 10.9. The summed E-state index contributed by atoms with van der Waals surface area (Å²) in [5, 5.41) is 9.75. The van der Waals surface area contributed by atoms with E-state index in [1.807, 2.05) is 0 Å². The van der Waals surface area contributed by atoms with E-state index in [0.717, 1.165) is 14.8 Å². The summed E-state index contributed by atoms with van der Waals surface area (Å²) in [4.78, 5) is 8.83. The van der Waals surface area contributed by atoms with E-state index in [2.05, 4.69) is 46.4 Å². The highest BCUT2D eigenvalue weighted by molar-refractivity contribution is 14.1. The monoisotopic (exact) mass is 374 g/mol. The van der Waals surface area contributed by atoms with Gasteiger partial charge in [-0.1, -0.05) is 25.4 Å². The molecule has 3 nitrogen and oxygen atoms in total. The van der Waals surface area contributed by atoms with Crippen molar-refractivity contribution in [3.8, 4) is 17.1 Å². The van der Waals surface area contributed by atoms with Crippen LogP contribution in [-0.4, -0.2) is 15.1 Å². The van der Waals surface area contributed by atoms with Crippen molar-refractivity contribution < 1.29 is 5.11 Å². The van der Waals surface area contributed by atoms with Crippen molar-refractivity contribution in [2.24, 2.45) is 0 Å². The molecule has 0 aliphatic heterocycles. The maximum atomic E-state index is 9.28. The summed E-state index contributed by atoms with van der Waals surface area (Å²) in [6.45, 7) is 4.14. The molecule has 2 aromatic rings. The molecule has 2 rings (SSSR count). The van der Waals surface area contributed by atoms with Crippen LogP contribution < -0.4 is 0 Å². The van der Waals surface area contributed by atoms with Gasteiger partial charge < -0.3 is 5.11 Å². The Morgan fingerprint density at radius 1 is 1.17 bits per heavy atom. The number of phenols is 1. The lowest BCUT2D eigenvalue weighted by atomic mass is 10.1. The van der Waals surface area contributed by atoms with Crippen LogP contribution in [0.4, 0.5) is 0 Å². The molecule has 0 atom stereocenters. The first kappa shape index (κ1) is 13.5. The van der Waals surface area contributed by atoms with Crippen LogP contribution in [0, 0.1) is 3.57 Å². The van der Waals surface area contributed by atoms with Crippen LogP contribution in [0.25, 0.3) is 11.4 Å². The molecule has 18 heavy (non-hydrogen) atoms. The summed E-state index contributed by atoms with van der Waals surface area (Å²) < 4.78 is 0.895. The second-order valence-electron chi connectivity index (χ2n) is 4.24. The SMILES string of the molecule is CC(C)c1nc(-c2ccc(O)cc2)nc(Cl)c1I. The summed E-state index contributed by atoms with van der Waals surface area (Å²) in [6, 6.07) is 6.77. The predicted octanol–water partition coefficient (Wildman–Crippen LogP) is 4.23. The Hall–Kier alpha value is -0.880. The molecule has 0 amide bonds. The fourth-order valence-corrected chi connectivity index (χ4v) is 2.60. The highest BCUT2D eigenvalue weighted by Gasteiger charge is 2.14. The van der Waals surface area contributed by atoms with Crippen molar-refractivity contribution in [2.75, 3.05) is 0 Å². The van der Waals surface area contributed by atoms with Gasteiger partial charge in [-0.25, -0.2) is 9.97 Å². The van der Waals surface area contributed by atoms with Gasteiger partial charge >= 0.3 is 0 Å². The van der Waals surface area contributed by atoms with Gasteiger partial charge in [0.05, 0.1) is 9.26 Å². The Bertz CT molecular complexity index is 570. The zero-order valence-corrected chi connectivity index (χ0v) is 12.9. The third-order valence-corrected chi connectivity index (χ3v) is 4.16. The molecule has 0 saturated carbocycles. The fraction of sp³-hybridized carbons (Fsp3) is 0.231. The van der Waals surface area contributed by atoms with Crippen molar-refractivity contribution in [3.63, 3.8) is 0 Å². The Morgan fingerprint density at radius 3 is 2.33 bits per heavy atom. The molecule has 0 aliphatic carbocycles. The van der Waals surface area contributed by atoms with E-state index in [1.165, 1.54) is 0 Å². The van der Waals surface area contributed by atoms with Gasteiger partial charge in [0.15, 0.2) is 5.82 Å². The maximum Gasteiger partial charge on any atom is 0.161 e. The molecular weight excluding hydrogens is 363 g/mol. The number of hydrogen-bond donors (Lipinski definition) is 1. The minimum absolute atomic E-state index is 0.222. The summed E-state index contributed by atoms with van der Waals surface area (Å²) in [5.74, 6) is 1.09. The summed E-state index contributed by atoms with van der Waals surface area (Å²) in [6.07, 6.45) is 0. The van der Waals surface area contributed by atoms with E-state index in [-0.39, 0.29) is 11.7 Å². The second-order valence-corrected chi connectivity index (χ2v) is 5.68. The van der Waals surface area contributed by atoms with Gasteiger partial charge in [0.25, 0.3) is 0 Å². The number of benzene rings is 1. The van der Waals surface area contributed by atoms with E-state index in [0.29, 0.717) is 11.0 Å². The molecule has 94 valence electrons. The topological polar surface area (TPSA) is 46.0 Å². The van der Waals surface area contributed by atoms with Crippen molar-refractivity contribution >= 4 is 34.2 Å². The standard InChI is InChI=1S/C13H12ClIN2O/c1-7(2)11-10(15)12(14)17-13(16-11)8-3-5-9(18)6-4-8/h3-7,18H,1-2H3. The molecule has 1 aromatic heterocycles. The molecule has 0 saturated heterocycles. The Labute approximate surface area is 124 Å². The van der Waals surface area contributed by atoms with Crippen molar-refractivity contribution in [2.45, 2.75) is 19.8 Å². The lowest BCUT2D eigenvalue weighted by Crippen LogP contribution is -2.02. The smallest absolute Gasteiger partial charge is 0.161 e.